The van der Waals surface area contributed by atoms with E-state index in [1.807, 2.05) is 0 Å². The average Bonchev–Trinajstić information content (AvgIpc) is 2.94. The average molecular weight is 334 g/mol. The summed E-state index contributed by atoms with van der Waals surface area (Å²) in [7, 11) is 1.22. The number of nitrogens with one attached hydrogen (secondary N) is 1. The van der Waals surface area contributed by atoms with E-state index < -0.39 is 40.5 Å². The van der Waals surface area contributed by atoms with Crippen molar-refractivity contribution in [2.45, 2.75) is 24.7 Å². The van der Waals surface area contributed by atoms with Crippen LogP contribution in [-0.2, 0) is 15.7 Å². The minimum absolute atomic E-state index is 0.199. The quantitative estimate of drug-likeness (QED) is 0.514. The van der Waals surface area contributed by atoms with E-state index in [0.717, 1.165) is 6.07 Å². The number of nitro groups is 1. The largest absolute Gasteiger partial charge is 0.482 e. The molecule has 1 heterocycles. The third-order valence-electron chi connectivity index (χ3n) is 3.35. The van der Waals surface area contributed by atoms with E-state index in [1.54, 1.807) is 0 Å². The lowest BCUT2D eigenvalue weighted by Gasteiger charge is -2.14. The molecule has 1 N–H and O–H groups in total. The highest BCUT2D eigenvalue weighted by Gasteiger charge is 2.35. The Morgan fingerprint density at radius 3 is 2.70 bits per heavy atom. The summed E-state index contributed by atoms with van der Waals surface area (Å²) in [5, 5.41) is 13.8. The van der Waals surface area contributed by atoms with Crippen molar-refractivity contribution in [3.05, 3.63) is 33.9 Å². The normalized spacial score (nSPS) is 21.0. The van der Waals surface area contributed by atoms with Crippen LogP contribution in [-0.4, -0.2) is 36.7 Å². The monoisotopic (exact) mass is 334 g/mol. The van der Waals surface area contributed by atoms with Gasteiger partial charge < -0.3 is 14.8 Å². The Morgan fingerprint density at radius 1 is 1.43 bits per heavy atom. The molecule has 0 saturated carbocycles. The van der Waals surface area contributed by atoms with Gasteiger partial charge in [-0.1, -0.05) is 0 Å². The molecule has 0 aliphatic carbocycles. The van der Waals surface area contributed by atoms with Crippen molar-refractivity contribution in [2.24, 2.45) is 0 Å². The van der Waals surface area contributed by atoms with E-state index in [1.165, 1.54) is 7.11 Å². The number of benzene rings is 1. The van der Waals surface area contributed by atoms with Gasteiger partial charge in [0.25, 0.3) is 0 Å². The lowest BCUT2D eigenvalue weighted by molar-refractivity contribution is -0.386. The zero-order valence-corrected chi connectivity index (χ0v) is 11.9. The van der Waals surface area contributed by atoms with Crippen LogP contribution in [0.2, 0.25) is 0 Å². The van der Waals surface area contributed by atoms with Gasteiger partial charge in [-0.2, -0.15) is 13.2 Å². The van der Waals surface area contributed by atoms with Crippen LogP contribution >= 0.6 is 0 Å². The number of nitrogens with zero attached hydrogens (tertiary/aromatic N) is 1. The van der Waals surface area contributed by atoms with E-state index in [9.17, 15) is 28.1 Å². The number of hydrogen-bond donors (Lipinski definition) is 1. The van der Waals surface area contributed by atoms with Crippen LogP contribution in [0.3, 0.4) is 0 Å². The topological polar surface area (TPSA) is 90.7 Å². The number of halogens is 3. The van der Waals surface area contributed by atoms with Crippen LogP contribution in [0.25, 0.3) is 0 Å². The van der Waals surface area contributed by atoms with Gasteiger partial charge in [0.15, 0.2) is 5.75 Å². The smallest absolute Gasteiger partial charge is 0.416 e. The van der Waals surface area contributed by atoms with Crippen molar-refractivity contribution >= 4 is 11.7 Å². The van der Waals surface area contributed by atoms with Gasteiger partial charge in [-0.15, -0.1) is 0 Å². The minimum atomic E-state index is -4.69. The van der Waals surface area contributed by atoms with Crippen LogP contribution in [0.4, 0.5) is 18.9 Å². The second kappa shape index (κ2) is 6.41. The molecule has 1 aromatic carbocycles. The SMILES string of the molecule is COC(=O)C1CC(Oc2ccc(C(F)(F)F)cc2[N+](=O)[O-])CN1. The van der Waals surface area contributed by atoms with Gasteiger partial charge in [-0.05, 0) is 12.1 Å². The molecular formula is C13H13F3N2O5. The Balaban J connectivity index is 2.17. The minimum Gasteiger partial charge on any atom is -0.482 e. The van der Waals surface area contributed by atoms with Crippen LogP contribution in [0.5, 0.6) is 5.75 Å². The maximum atomic E-state index is 12.6. The van der Waals surface area contributed by atoms with E-state index in [-0.39, 0.29) is 18.7 Å². The van der Waals surface area contributed by atoms with Crippen molar-refractivity contribution in [1.82, 2.24) is 5.32 Å². The second-order valence-corrected chi connectivity index (χ2v) is 4.90. The number of carbonyl (C=O) groups is 1. The number of alkyl halides is 3. The fourth-order valence-electron chi connectivity index (χ4n) is 2.23. The summed E-state index contributed by atoms with van der Waals surface area (Å²) in [6.45, 7) is 0.220. The fourth-order valence-corrected chi connectivity index (χ4v) is 2.23. The number of methoxy groups -OCH3 is 1. The first-order chi connectivity index (χ1) is 10.7. The first-order valence-corrected chi connectivity index (χ1v) is 6.56. The number of ether oxygens (including phenoxy) is 2. The summed E-state index contributed by atoms with van der Waals surface area (Å²) in [5.74, 6) is -0.779. The molecule has 10 heteroatoms. The van der Waals surface area contributed by atoms with E-state index >= 15 is 0 Å². The number of hydrogen-bond acceptors (Lipinski definition) is 6. The highest BCUT2D eigenvalue weighted by atomic mass is 19.4. The zero-order valence-electron chi connectivity index (χ0n) is 11.9. The van der Waals surface area contributed by atoms with Crippen LogP contribution in [0.15, 0.2) is 18.2 Å². The standard InChI is InChI=1S/C13H13F3N2O5/c1-22-12(19)9-5-8(6-17-9)23-11-3-2-7(13(14,15)16)4-10(11)18(20)21/h2-4,8-9,17H,5-6H2,1H3. The molecule has 1 aromatic rings. The molecule has 0 amide bonds. The molecule has 2 rings (SSSR count). The summed E-state index contributed by atoms with van der Waals surface area (Å²) in [4.78, 5) is 21.4. The summed E-state index contributed by atoms with van der Waals surface area (Å²) in [6, 6.07) is 1.43. The zero-order chi connectivity index (χ0) is 17.2. The van der Waals surface area contributed by atoms with E-state index in [0.29, 0.717) is 12.1 Å². The first kappa shape index (κ1) is 17.0. The third kappa shape index (κ3) is 3.89. The number of esters is 1. The molecule has 0 radical (unpaired) electrons. The van der Waals surface area contributed by atoms with Gasteiger partial charge in [-0.25, -0.2) is 0 Å². The molecule has 7 nitrogen and oxygen atoms in total. The van der Waals surface area contributed by atoms with Crippen LogP contribution in [0.1, 0.15) is 12.0 Å². The Hall–Kier alpha value is -2.36. The van der Waals surface area contributed by atoms with Crippen molar-refractivity contribution in [3.8, 4) is 5.75 Å². The summed E-state index contributed by atoms with van der Waals surface area (Å²) in [5.41, 5.74) is -1.91. The Bertz CT molecular complexity index is 620. The van der Waals surface area contributed by atoms with Gasteiger partial charge in [0.2, 0.25) is 0 Å². The molecule has 126 valence electrons. The summed E-state index contributed by atoms with van der Waals surface area (Å²) in [6.07, 6.45) is -5.08. The molecule has 0 bridgehead atoms. The van der Waals surface area contributed by atoms with Gasteiger partial charge in [-0.3, -0.25) is 14.9 Å². The van der Waals surface area contributed by atoms with Crippen molar-refractivity contribution in [3.63, 3.8) is 0 Å². The molecule has 1 aliphatic heterocycles. The molecular weight excluding hydrogens is 321 g/mol. The molecule has 23 heavy (non-hydrogen) atoms. The Labute approximate surface area is 128 Å². The molecule has 2 atom stereocenters. The number of carbonyl (C=O) groups excluding carboxylic acids is 1. The van der Waals surface area contributed by atoms with Gasteiger partial charge in [0.1, 0.15) is 12.1 Å². The maximum absolute atomic E-state index is 12.6. The predicted octanol–water partition coefficient (Wildman–Crippen LogP) is 1.90. The van der Waals surface area contributed by atoms with Crippen LogP contribution in [0, 0.1) is 10.1 Å². The Kier molecular flexibility index (Phi) is 4.73. The lowest BCUT2D eigenvalue weighted by atomic mass is 10.1. The van der Waals surface area contributed by atoms with Crippen molar-refractivity contribution in [2.75, 3.05) is 13.7 Å². The molecule has 1 saturated heterocycles. The molecule has 1 aliphatic rings. The fraction of sp³-hybridized carbons (Fsp3) is 0.462. The highest BCUT2D eigenvalue weighted by Crippen LogP contribution is 2.36. The lowest BCUT2D eigenvalue weighted by Crippen LogP contribution is -2.31. The van der Waals surface area contributed by atoms with Crippen molar-refractivity contribution < 1.29 is 32.4 Å². The number of nitro benzene ring substituents is 1. The van der Waals surface area contributed by atoms with E-state index in [2.05, 4.69) is 10.1 Å². The maximum Gasteiger partial charge on any atom is 0.416 e. The molecule has 1 fully saturated rings. The van der Waals surface area contributed by atoms with E-state index in [4.69, 9.17) is 4.74 Å². The van der Waals surface area contributed by atoms with Crippen molar-refractivity contribution in [1.29, 1.82) is 0 Å². The predicted molar refractivity (Wildman–Crippen MR) is 70.9 cm³/mol. The first-order valence-electron chi connectivity index (χ1n) is 6.56. The summed E-state index contributed by atoms with van der Waals surface area (Å²) >= 11 is 0. The number of rotatable bonds is 4. The summed E-state index contributed by atoms with van der Waals surface area (Å²) < 4.78 is 47.8. The highest BCUT2D eigenvalue weighted by molar-refractivity contribution is 5.76. The second-order valence-electron chi connectivity index (χ2n) is 4.90. The molecule has 0 aromatic heterocycles. The third-order valence-corrected chi connectivity index (χ3v) is 3.35. The molecule has 0 spiro atoms. The van der Waals surface area contributed by atoms with Gasteiger partial charge in [0.05, 0.1) is 17.6 Å². The van der Waals surface area contributed by atoms with Gasteiger partial charge >= 0.3 is 17.8 Å². The Morgan fingerprint density at radius 2 is 2.13 bits per heavy atom. The van der Waals surface area contributed by atoms with Crippen LogP contribution < -0.4 is 10.1 Å². The van der Waals surface area contributed by atoms with Gasteiger partial charge in [0, 0.05) is 19.0 Å². The molecule has 2 unspecified atom stereocenters.